The Bertz CT molecular complexity index is 683. The fraction of sp³-hybridized carbons (Fsp3) is 0.353. The van der Waals surface area contributed by atoms with Gasteiger partial charge < -0.3 is 4.90 Å². The number of carbonyl (C=O) groups excluding carboxylic acids is 1. The third-order valence-electron chi connectivity index (χ3n) is 4.15. The van der Waals surface area contributed by atoms with E-state index < -0.39 is 0 Å². The standard InChI is InChI=1S/C17H18ClFN2O/c18-11-17(22)21-7-5-20(6-8-21)12-14-10-15(19)9-13-3-1-2-4-16(13)14/h1-4,9-10H,5-8,11-12H2. The zero-order chi connectivity index (χ0) is 15.5. The molecule has 3 nitrogen and oxygen atoms in total. The Morgan fingerprint density at radius 3 is 2.59 bits per heavy atom. The van der Waals surface area contributed by atoms with Gasteiger partial charge in [-0.25, -0.2) is 4.39 Å². The summed E-state index contributed by atoms with van der Waals surface area (Å²) in [6.45, 7) is 3.62. The van der Waals surface area contributed by atoms with Crippen LogP contribution in [0.2, 0.25) is 0 Å². The molecule has 1 aliphatic heterocycles. The minimum Gasteiger partial charge on any atom is -0.339 e. The molecule has 0 saturated carbocycles. The second-order valence-electron chi connectivity index (χ2n) is 5.58. The molecule has 0 N–H and O–H groups in total. The zero-order valence-corrected chi connectivity index (χ0v) is 13.0. The zero-order valence-electron chi connectivity index (χ0n) is 12.3. The summed E-state index contributed by atoms with van der Waals surface area (Å²) in [6, 6.07) is 11.0. The van der Waals surface area contributed by atoms with Crippen LogP contribution in [0.25, 0.3) is 10.8 Å². The number of hydrogen-bond acceptors (Lipinski definition) is 2. The summed E-state index contributed by atoms with van der Waals surface area (Å²) in [6.07, 6.45) is 0. The summed E-state index contributed by atoms with van der Waals surface area (Å²) in [5.74, 6) is -0.184. The first-order valence-electron chi connectivity index (χ1n) is 7.40. The van der Waals surface area contributed by atoms with Crippen LogP contribution in [0.5, 0.6) is 0 Å². The lowest BCUT2D eigenvalue weighted by molar-refractivity contribution is -0.130. The first kappa shape index (κ1) is 15.3. The molecule has 2 aromatic carbocycles. The Balaban J connectivity index is 1.73. The van der Waals surface area contributed by atoms with Gasteiger partial charge in [-0.1, -0.05) is 24.3 Å². The van der Waals surface area contributed by atoms with Crippen LogP contribution in [0, 0.1) is 5.82 Å². The number of benzene rings is 2. The molecule has 3 rings (SSSR count). The van der Waals surface area contributed by atoms with E-state index in [-0.39, 0.29) is 17.6 Å². The Labute approximate surface area is 134 Å². The minimum absolute atomic E-state index is 0.0162. The summed E-state index contributed by atoms with van der Waals surface area (Å²) in [7, 11) is 0. The van der Waals surface area contributed by atoms with Gasteiger partial charge in [0.2, 0.25) is 5.91 Å². The van der Waals surface area contributed by atoms with Crippen LogP contribution < -0.4 is 0 Å². The Hall–Kier alpha value is -1.65. The van der Waals surface area contributed by atoms with Gasteiger partial charge in [-0.15, -0.1) is 11.6 Å². The van der Waals surface area contributed by atoms with Crippen LogP contribution in [0.1, 0.15) is 5.56 Å². The summed E-state index contributed by atoms with van der Waals surface area (Å²) in [5.41, 5.74) is 0.993. The summed E-state index contributed by atoms with van der Waals surface area (Å²) >= 11 is 5.59. The number of piperazine rings is 1. The topological polar surface area (TPSA) is 23.6 Å². The molecule has 1 fully saturated rings. The van der Waals surface area contributed by atoms with E-state index in [1.807, 2.05) is 24.3 Å². The number of hydrogen-bond donors (Lipinski definition) is 0. The molecule has 0 unspecified atom stereocenters. The Morgan fingerprint density at radius 2 is 1.86 bits per heavy atom. The van der Waals surface area contributed by atoms with Crippen molar-refractivity contribution in [1.29, 1.82) is 0 Å². The number of nitrogens with zero attached hydrogens (tertiary/aromatic N) is 2. The molecule has 1 aliphatic rings. The maximum atomic E-state index is 13.8. The third-order valence-corrected chi connectivity index (χ3v) is 4.37. The quantitative estimate of drug-likeness (QED) is 0.812. The van der Waals surface area contributed by atoms with Crippen molar-refractivity contribution in [3.8, 4) is 0 Å². The van der Waals surface area contributed by atoms with Crippen molar-refractivity contribution in [2.75, 3.05) is 32.1 Å². The average Bonchev–Trinajstić information content (AvgIpc) is 2.54. The highest BCUT2D eigenvalue weighted by atomic mass is 35.5. The lowest BCUT2D eigenvalue weighted by Gasteiger charge is -2.34. The molecule has 5 heteroatoms. The highest BCUT2D eigenvalue weighted by Gasteiger charge is 2.20. The van der Waals surface area contributed by atoms with Crippen molar-refractivity contribution < 1.29 is 9.18 Å². The summed E-state index contributed by atoms with van der Waals surface area (Å²) in [5, 5.41) is 2.01. The van der Waals surface area contributed by atoms with Crippen molar-refractivity contribution in [2.45, 2.75) is 6.54 Å². The number of amides is 1. The van der Waals surface area contributed by atoms with Gasteiger partial charge in [0, 0.05) is 32.7 Å². The van der Waals surface area contributed by atoms with Gasteiger partial charge >= 0.3 is 0 Å². The SMILES string of the molecule is O=C(CCl)N1CCN(Cc2cc(F)cc3ccccc23)CC1. The normalized spacial score (nSPS) is 16.2. The lowest BCUT2D eigenvalue weighted by Crippen LogP contribution is -2.48. The molecule has 0 aromatic heterocycles. The summed E-state index contributed by atoms with van der Waals surface area (Å²) in [4.78, 5) is 15.6. The molecule has 0 radical (unpaired) electrons. The largest absolute Gasteiger partial charge is 0.339 e. The van der Waals surface area contributed by atoms with Gasteiger partial charge in [0.25, 0.3) is 0 Å². The van der Waals surface area contributed by atoms with Crippen LogP contribution in [-0.4, -0.2) is 47.8 Å². The molecule has 1 saturated heterocycles. The Kier molecular flexibility index (Phi) is 4.60. The van der Waals surface area contributed by atoms with Crippen LogP contribution in [0.4, 0.5) is 4.39 Å². The van der Waals surface area contributed by atoms with E-state index in [1.165, 1.54) is 0 Å². The molecular formula is C17H18ClFN2O. The van der Waals surface area contributed by atoms with Gasteiger partial charge in [-0.3, -0.25) is 9.69 Å². The number of fused-ring (bicyclic) bond motifs is 1. The van der Waals surface area contributed by atoms with E-state index in [0.29, 0.717) is 19.6 Å². The number of halogens is 2. The van der Waals surface area contributed by atoms with E-state index in [9.17, 15) is 9.18 Å². The number of alkyl halides is 1. The number of rotatable bonds is 3. The molecule has 2 aromatic rings. The molecule has 0 bridgehead atoms. The second-order valence-corrected chi connectivity index (χ2v) is 5.84. The van der Waals surface area contributed by atoms with Gasteiger partial charge in [0.05, 0.1) is 0 Å². The number of carbonyl (C=O) groups is 1. The fourth-order valence-corrected chi connectivity index (χ4v) is 3.13. The predicted octanol–water partition coefficient (Wildman–Crippen LogP) is 2.86. The molecule has 1 amide bonds. The van der Waals surface area contributed by atoms with E-state index in [0.717, 1.165) is 29.4 Å². The molecular weight excluding hydrogens is 303 g/mol. The van der Waals surface area contributed by atoms with Gasteiger partial charge in [0.1, 0.15) is 11.7 Å². The van der Waals surface area contributed by atoms with Crippen molar-refractivity contribution in [3.63, 3.8) is 0 Å². The maximum Gasteiger partial charge on any atom is 0.237 e. The van der Waals surface area contributed by atoms with Gasteiger partial charge in [-0.2, -0.15) is 0 Å². The minimum atomic E-state index is -0.204. The molecule has 1 heterocycles. The van der Waals surface area contributed by atoms with Gasteiger partial charge in [-0.05, 0) is 28.5 Å². The fourth-order valence-electron chi connectivity index (χ4n) is 2.96. The van der Waals surface area contributed by atoms with E-state index in [2.05, 4.69) is 4.90 Å². The molecule has 116 valence electrons. The molecule has 0 spiro atoms. The van der Waals surface area contributed by atoms with Crippen LogP contribution in [-0.2, 0) is 11.3 Å². The van der Waals surface area contributed by atoms with Gasteiger partial charge in [0.15, 0.2) is 0 Å². The first-order chi connectivity index (χ1) is 10.7. The molecule has 0 aliphatic carbocycles. The molecule has 0 atom stereocenters. The van der Waals surface area contributed by atoms with Crippen LogP contribution in [0.15, 0.2) is 36.4 Å². The molecule has 22 heavy (non-hydrogen) atoms. The smallest absolute Gasteiger partial charge is 0.237 e. The Morgan fingerprint density at radius 1 is 1.14 bits per heavy atom. The van der Waals surface area contributed by atoms with Crippen LogP contribution in [0.3, 0.4) is 0 Å². The first-order valence-corrected chi connectivity index (χ1v) is 7.94. The predicted molar refractivity (Wildman–Crippen MR) is 86.5 cm³/mol. The monoisotopic (exact) mass is 320 g/mol. The maximum absolute atomic E-state index is 13.8. The third kappa shape index (κ3) is 3.23. The highest BCUT2D eigenvalue weighted by molar-refractivity contribution is 6.27. The summed E-state index contributed by atoms with van der Waals surface area (Å²) < 4.78 is 13.8. The van der Waals surface area contributed by atoms with Crippen molar-refractivity contribution in [2.24, 2.45) is 0 Å². The van der Waals surface area contributed by atoms with Crippen molar-refractivity contribution in [3.05, 3.63) is 47.8 Å². The van der Waals surface area contributed by atoms with E-state index in [4.69, 9.17) is 11.6 Å². The van der Waals surface area contributed by atoms with Crippen molar-refractivity contribution in [1.82, 2.24) is 9.80 Å². The van der Waals surface area contributed by atoms with E-state index >= 15 is 0 Å². The highest BCUT2D eigenvalue weighted by Crippen LogP contribution is 2.22. The lowest BCUT2D eigenvalue weighted by atomic mass is 10.0. The van der Waals surface area contributed by atoms with Crippen LogP contribution >= 0.6 is 11.6 Å². The second kappa shape index (κ2) is 6.63. The average molecular weight is 321 g/mol. The van der Waals surface area contributed by atoms with E-state index in [1.54, 1.807) is 17.0 Å². The van der Waals surface area contributed by atoms with Crippen molar-refractivity contribution >= 4 is 28.3 Å².